The molecule has 2 nitrogen and oxygen atoms in total. The van der Waals surface area contributed by atoms with Crippen molar-refractivity contribution in [3.63, 3.8) is 0 Å². The lowest BCUT2D eigenvalue weighted by Gasteiger charge is -2.35. The van der Waals surface area contributed by atoms with Crippen LogP contribution in [0.1, 0.15) is 55.6 Å². The molecule has 9 rings (SSSR count). The van der Waals surface area contributed by atoms with Gasteiger partial charge in [-0.2, -0.15) is 0 Å². The van der Waals surface area contributed by atoms with E-state index in [-0.39, 0.29) is 11.5 Å². The van der Waals surface area contributed by atoms with E-state index in [0.717, 1.165) is 6.42 Å². The Morgan fingerprint density at radius 1 is 0.725 bits per heavy atom. The maximum absolute atomic E-state index is 2.56. The quantitative estimate of drug-likeness (QED) is 0.173. The number of rotatable bonds is 6. The van der Waals surface area contributed by atoms with Gasteiger partial charge in [-0.05, 0) is 89.0 Å². The van der Waals surface area contributed by atoms with Crippen molar-refractivity contribution in [2.45, 2.75) is 45.6 Å². The van der Waals surface area contributed by atoms with Gasteiger partial charge in [-0.1, -0.05) is 141 Å². The molecule has 0 amide bonds. The van der Waals surface area contributed by atoms with Crippen LogP contribution in [0.15, 0.2) is 163 Å². The zero-order chi connectivity index (χ0) is 34.7. The Morgan fingerprint density at radius 3 is 2.20 bits per heavy atom. The first-order chi connectivity index (χ1) is 25.0. The van der Waals surface area contributed by atoms with Gasteiger partial charge in [0.1, 0.15) is 0 Å². The van der Waals surface area contributed by atoms with Crippen LogP contribution in [-0.2, 0) is 11.8 Å². The van der Waals surface area contributed by atoms with E-state index in [4.69, 9.17) is 0 Å². The van der Waals surface area contributed by atoms with Crippen molar-refractivity contribution in [1.82, 2.24) is 4.57 Å². The van der Waals surface area contributed by atoms with E-state index in [1.165, 1.54) is 83.4 Å². The molecule has 2 heteroatoms. The highest BCUT2D eigenvalue weighted by molar-refractivity contribution is 5.99. The zero-order valence-corrected chi connectivity index (χ0v) is 29.8. The highest BCUT2D eigenvalue weighted by Crippen LogP contribution is 2.51. The summed E-state index contributed by atoms with van der Waals surface area (Å²) in [5, 5.41) is 3.80. The van der Waals surface area contributed by atoms with Crippen LogP contribution in [0.2, 0.25) is 0 Å². The first kappa shape index (κ1) is 31.1. The number of hydrogen-bond acceptors (Lipinski definition) is 1. The van der Waals surface area contributed by atoms with Gasteiger partial charge in [0.2, 0.25) is 0 Å². The normalized spacial score (nSPS) is 16.5. The van der Waals surface area contributed by atoms with Gasteiger partial charge in [0.25, 0.3) is 0 Å². The third kappa shape index (κ3) is 4.93. The molecule has 0 saturated heterocycles. The molecule has 1 atom stereocenters. The van der Waals surface area contributed by atoms with E-state index >= 15 is 0 Å². The second-order valence-electron chi connectivity index (χ2n) is 14.5. The molecule has 51 heavy (non-hydrogen) atoms. The summed E-state index contributed by atoms with van der Waals surface area (Å²) in [5.41, 5.74) is 15.6. The van der Waals surface area contributed by atoms with Crippen LogP contribution >= 0.6 is 0 Å². The van der Waals surface area contributed by atoms with Crippen LogP contribution < -0.4 is 4.90 Å². The van der Waals surface area contributed by atoms with Crippen molar-refractivity contribution >= 4 is 50.3 Å². The highest BCUT2D eigenvalue weighted by atomic mass is 15.2. The van der Waals surface area contributed by atoms with Crippen molar-refractivity contribution in [1.29, 1.82) is 0 Å². The second-order valence-corrected chi connectivity index (χ2v) is 14.5. The lowest BCUT2D eigenvalue weighted by molar-refractivity contribution is 0.657. The molecule has 0 saturated carbocycles. The van der Waals surface area contributed by atoms with Gasteiger partial charge in [0.05, 0.1) is 11.6 Å². The van der Waals surface area contributed by atoms with Gasteiger partial charge in [0, 0.05) is 50.9 Å². The molecule has 0 aliphatic heterocycles. The number of allylic oxidation sites excluding steroid dienone is 4. The fraction of sp³-hybridized carbons (Fsp3) is 0.143. The Morgan fingerprint density at radius 2 is 1.41 bits per heavy atom. The molecular formula is C49H42N2. The van der Waals surface area contributed by atoms with Gasteiger partial charge >= 0.3 is 0 Å². The Labute approximate surface area is 301 Å². The first-order valence-corrected chi connectivity index (χ1v) is 18.2. The van der Waals surface area contributed by atoms with E-state index in [9.17, 15) is 0 Å². The van der Waals surface area contributed by atoms with Gasteiger partial charge in [-0.15, -0.1) is 0 Å². The minimum Gasteiger partial charge on any atom is -0.334 e. The van der Waals surface area contributed by atoms with Crippen molar-refractivity contribution in [3.05, 3.63) is 191 Å². The summed E-state index contributed by atoms with van der Waals surface area (Å²) in [7, 11) is 0. The Balaban J connectivity index is 1.17. The smallest absolute Gasteiger partial charge is 0.0580 e. The number of nitrogens with zero attached hydrogens (tertiary/aromatic N) is 2. The maximum Gasteiger partial charge on any atom is 0.0580 e. The lowest BCUT2D eigenvalue weighted by Crippen LogP contribution is -2.33. The average molecular weight is 659 g/mol. The zero-order valence-electron chi connectivity index (χ0n) is 29.8. The Bertz CT molecular complexity index is 2530. The summed E-state index contributed by atoms with van der Waals surface area (Å²) >= 11 is 0. The lowest BCUT2D eigenvalue weighted by atomic mass is 9.76. The number of fused-ring (bicyclic) bond motifs is 5. The molecule has 2 aliphatic rings. The topological polar surface area (TPSA) is 8.17 Å². The molecule has 0 radical (unpaired) electrons. The number of hydrogen-bond donors (Lipinski definition) is 0. The predicted octanol–water partition coefficient (Wildman–Crippen LogP) is 12.7. The van der Waals surface area contributed by atoms with Crippen LogP contribution in [0, 0.1) is 0 Å². The van der Waals surface area contributed by atoms with Crippen LogP contribution in [0.5, 0.6) is 0 Å². The minimum absolute atomic E-state index is 0.0714. The first-order valence-electron chi connectivity index (χ1n) is 18.2. The van der Waals surface area contributed by atoms with E-state index < -0.39 is 0 Å². The summed E-state index contributed by atoms with van der Waals surface area (Å²) in [6.07, 6.45) is 7.96. The number of anilines is 2. The third-order valence-corrected chi connectivity index (χ3v) is 11.3. The second kappa shape index (κ2) is 12.2. The average Bonchev–Trinajstić information content (AvgIpc) is 3.61. The molecule has 0 N–H and O–H groups in total. The molecule has 1 heterocycles. The van der Waals surface area contributed by atoms with Crippen LogP contribution in [-0.4, -0.2) is 10.6 Å². The largest absolute Gasteiger partial charge is 0.334 e. The fourth-order valence-electron chi connectivity index (χ4n) is 9.04. The summed E-state index contributed by atoms with van der Waals surface area (Å²) in [6, 6.07) is 53.5. The maximum atomic E-state index is 2.56. The molecule has 0 bridgehead atoms. The SMILES string of the molecule is C/C=C(\C1=C(C)c2ccccc2C1(C)C)c1ccc(N(c2cccc3ccccc23)C2C=Cc3c(n(-c4ccccc4)c4ccccc34)C2)cc1. The number of aromatic nitrogens is 1. The molecule has 2 aliphatic carbocycles. The molecule has 1 aromatic heterocycles. The van der Waals surface area contributed by atoms with Crippen LogP contribution in [0.4, 0.5) is 11.4 Å². The number of para-hydroxylation sites is 2. The van der Waals surface area contributed by atoms with Crippen LogP contribution in [0.3, 0.4) is 0 Å². The van der Waals surface area contributed by atoms with E-state index in [1.54, 1.807) is 0 Å². The standard InChI is InChI=1S/C49H42N2/c1-5-39(48-33(2)40-20-11-13-23-44(40)49(48,3)4)35-26-28-37(29-27-35)50(45-25-15-17-34-16-9-10-21-41(34)45)38-30-31-43-42-22-12-14-24-46(42)51(47(43)32-38)36-18-7-6-8-19-36/h5-31,38H,32H2,1-4H3/b39-5-. The van der Waals surface area contributed by atoms with Gasteiger partial charge in [-0.3, -0.25) is 0 Å². The third-order valence-electron chi connectivity index (χ3n) is 11.3. The molecule has 7 aromatic rings. The monoisotopic (exact) mass is 658 g/mol. The molecule has 0 spiro atoms. The van der Waals surface area contributed by atoms with Crippen molar-refractivity contribution < 1.29 is 0 Å². The van der Waals surface area contributed by atoms with E-state index in [0.29, 0.717) is 0 Å². The molecule has 1 unspecified atom stereocenters. The van der Waals surface area contributed by atoms with Gasteiger partial charge in [-0.25, -0.2) is 0 Å². The fourth-order valence-corrected chi connectivity index (χ4v) is 9.04. The number of benzene rings is 6. The Hall–Kier alpha value is -5.86. The van der Waals surface area contributed by atoms with Gasteiger partial charge < -0.3 is 9.47 Å². The van der Waals surface area contributed by atoms with Crippen LogP contribution in [0.25, 0.3) is 44.6 Å². The Kier molecular flexibility index (Phi) is 7.44. The molecular weight excluding hydrogens is 617 g/mol. The van der Waals surface area contributed by atoms with E-state index in [1.807, 2.05) is 0 Å². The summed E-state index contributed by atoms with van der Waals surface area (Å²) in [4.78, 5) is 2.56. The summed E-state index contributed by atoms with van der Waals surface area (Å²) < 4.78 is 2.47. The minimum atomic E-state index is -0.0714. The van der Waals surface area contributed by atoms with E-state index in [2.05, 4.69) is 201 Å². The molecule has 6 aromatic carbocycles. The van der Waals surface area contributed by atoms with Crippen molar-refractivity contribution in [3.8, 4) is 5.69 Å². The van der Waals surface area contributed by atoms with Crippen molar-refractivity contribution in [2.75, 3.05) is 4.90 Å². The predicted molar refractivity (Wildman–Crippen MR) is 218 cm³/mol. The van der Waals surface area contributed by atoms with Crippen molar-refractivity contribution in [2.24, 2.45) is 0 Å². The summed E-state index contributed by atoms with van der Waals surface area (Å²) in [5.74, 6) is 0. The molecule has 248 valence electrons. The molecule has 0 fully saturated rings. The van der Waals surface area contributed by atoms with Gasteiger partial charge in [0.15, 0.2) is 0 Å². The highest BCUT2D eigenvalue weighted by Gasteiger charge is 2.38. The summed E-state index contributed by atoms with van der Waals surface area (Å²) in [6.45, 7) is 9.22.